The molecule has 4 heteroatoms. The molecule has 0 radical (unpaired) electrons. The molecule has 4 fully saturated rings. The third-order valence-electron chi connectivity index (χ3n) is 5.61. The molecular weight excluding hydrogens is 238 g/mol. The molecule has 1 heterocycles. The summed E-state index contributed by atoms with van der Waals surface area (Å²) in [4.78, 5) is 0. The maximum Gasteiger partial charge on any atom is 0.114 e. The summed E-state index contributed by atoms with van der Waals surface area (Å²) in [5.41, 5.74) is 0.0226. The van der Waals surface area contributed by atoms with Crippen molar-refractivity contribution < 1.29 is 5.11 Å². The van der Waals surface area contributed by atoms with Crippen LogP contribution in [-0.2, 0) is 11.1 Å². The highest BCUT2D eigenvalue weighted by atomic mass is 16.3. The number of rotatable bonds is 2. The molecule has 4 saturated carbocycles. The number of nitrogens with zero attached hydrogens (tertiary/aromatic N) is 3. The van der Waals surface area contributed by atoms with E-state index in [4.69, 9.17) is 0 Å². The Morgan fingerprint density at radius 1 is 1.16 bits per heavy atom. The second-order valence-corrected chi connectivity index (χ2v) is 7.75. The number of hydrogen-bond donors (Lipinski definition) is 1. The second kappa shape index (κ2) is 3.60. The molecule has 0 amide bonds. The van der Waals surface area contributed by atoms with Crippen molar-refractivity contribution in [2.75, 3.05) is 0 Å². The summed E-state index contributed by atoms with van der Waals surface area (Å²) in [6, 6.07) is 0. The van der Waals surface area contributed by atoms with Crippen molar-refractivity contribution in [2.24, 2.45) is 17.8 Å². The van der Waals surface area contributed by atoms with Crippen LogP contribution in [0.15, 0.2) is 6.20 Å². The van der Waals surface area contributed by atoms with Crippen molar-refractivity contribution in [3.63, 3.8) is 0 Å². The normalized spacial score (nSPS) is 40.9. The van der Waals surface area contributed by atoms with Crippen LogP contribution in [0.3, 0.4) is 0 Å². The molecular formula is C15H23N3O. The maximum atomic E-state index is 10.1. The molecule has 4 aliphatic rings. The van der Waals surface area contributed by atoms with Gasteiger partial charge in [-0.05, 0) is 70.1 Å². The Morgan fingerprint density at radius 3 is 2.11 bits per heavy atom. The first-order chi connectivity index (χ1) is 8.95. The van der Waals surface area contributed by atoms with Crippen LogP contribution in [0, 0.1) is 17.8 Å². The van der Waals surface area contributed by atoms with Gasteiger partial charge in [-0.15, -0.1) is 5.10 Å². The minimum absolute atomic E-state index is 0.214. The molecule has 4 aliphatic carbocycles. The van der Waals surface area contributed by atoms with E-state index in [0.29, 0.717) is 5.69 Å². The highest BCUT2D eigenvalue weighted by Gasteiger charge is 2.52. The largest absolute Gasteiger partial charge is 0.384 e. The van der Waals surface area contributed by atoms with Gasteiger partial charge in [-0.3, -0.25) is 0 Å². The average molecular weight is 261 g/mol. The van der Waals surface area contributed by atoms with Crippen molar-refractivity contribution >= 4 is 0 Å². The zero-order valence-electron chi connectivity index (χ0n) is 11.8. The van der Waals surface area contributed by atoms with Gasteiger partial charge in [0.1, 0.15) is 11.3 Å². The molecule has 4 bridgehead atoms. The van der Waals surface area contributed by atoms with Gasteiger partial charge in [0.05, 0.1) is 11.7 Å². The number of aromatic nitrogens is 3. The zero-order chi connectivity index (χ0) is 13.3. The topological polar surface area (TPSA) is 50.9 Å². The Labute approximate surface area is 114 Å². The van der Waals surface area contributed by atoms with Crippen molar-refractivity contribution in [3.8, 4) is 0 Å². The summed E-state index contributed by atoms with van der Waals surface area (Å²) in [5, 5.41) is 18.7. The minimum atomic E-state index is -0.888. The lowest BCUT2D eigenvalue weighted by Gasteiger charge is -2.56. The van der Waals surface area contributed by atoms with Crippen LogP contribution in [-0.4, -0.2) is 20.1 Å². The van der Waals surface area contributed by atoms with E-state index in [9.17, 15) is 5.11 Å². The van der Waals surface area contributed by atoms with Gasteiger partial charge in [0.15, 0.2) is 0 Å². The highest BCUT2D eigenvalue weighted by Crippen LogP contribution is 2.58. The number of hydrogen-bond acceptors (Lipinski definition) is 3. The average Bonchev–Trinajstić information content (AvgIpc) is 2.75. The van der Waals surface area contributed by atoms with Crippen LogP contribution in [0.2, 0.25) is 0 Å². The summed E-state index contributed by atoms with van der Waals surface area (Å²) in [5.74, 6) is 2.71. The molecule has 0 aliphatic heterocycles. The molecule has 0 spiro atoms. The van der Waals surface area contributed by atoms with Gasteiger partial charge in [-0.1, -0.05) is 5.21 Å². The van der Waals surface area contributed by atoms with Gasteiger partial charge in [0.25, 0.3) is 0 Å². The minimum Gasteiger partial charge on any atom is -0.384 e. The van der Waals surface area contributed by atoms with Gasteiger partial charge >= 0.3 is 0 Å². The summed E-state index contributed by atoms with van der Waals surface area (Å²) < 4.78 is 2.10. The van der Waals surface area contributed by atoms with Gasteiger partial charge in [0, 0.05) is 0 Å². The van der Waals surface area contributed by atoms with E-state index in [1.807, 2.05) is 6.20 Å². The molecule has 4 nitrogen and oxygen atoms in total. The fraction of sp³-hybridized carbons (Fsp3) is 0.867. The molecule has 1 N–H and O–H groups in total. The van der Waals surface area contributed by atoms with Gasteiger partial charge in [0.2, 0.25) is 0 Å². The van der Waals surface area contributed by atoms with Crippen molar-refractivity contribution in [1.82, 2.24) is 15.0 Å². The van der Waals surface area contributed by atoms with Crippen LogP contribution < -0.4 is 0 Å². The summed E-state index contributed by atoms with van der Waals surface area (Å²) >= 11 is 0. The molecule has 1 aromatic heterocycles. The monoisotopic (exact) mass is 261 g/mol. The fourth-order valence-corrected chi connectivity index (χ4v) is 5.12. The quantitative estimate of drug-likeness (QED) is 0.889. The van der Waals surface area contributed by atoms with Crippen molar-refractivity contribution in [2.45, 2.75) is 63.5 Å². The van der Waals surface area contributed by atoms with Crippen LogP contribution in [0.25, 0.3) is 0 Å². The van der Waals surface area contributed by atoms with Gasteiger partial charge in [-0.25, -0.2) is 4.68 Å². The molecule has 0 saturated heterocycles. The molecule has 0 aromatic carbocycles. The van der Waals surface area contributed by atoms with E-state index < -0.39 is 5.60 Å². The van der Waals surface area contributed by atoms with Crippen LogP contribution >= 0.6 is 0 Å². The van der Waals surface area contributed by atoms with E-state index in [0.717, 1.165) is 17.8 Å². The summed E-state index contributed by atoms with van der Waals surface area (Å²) in [6.07, 6.45) is 10.1. The molecule has 19 heavy (non-hydrogen) atoms. The molecule has 0 atom stereocenters. The Kier molecular flexibility index (Phi) is 2.25. The van der Waals surface area contributed by atoms with E-state index in [1.54, 1.807) is 13.8 Å². The molecule has 104 valence electrons. The first-order valence-corrected chi connectivity index (χ1v) is 7.60. The van der Waals surface area contributed by atoms with E-state index in [1.165, 1.54) is 38.5 Å². The third-order valence-corrected chi connectivity index (χ3v) is 5.61. The Bertz CT molecular complexity index is 464. The predicted molar refractivity (Wildman–Crippen MR) is 71.4 cm³/mol. The lowest BCUT2D eigenvalue weighted by Crippen LogP contribution is -2.52. The SMILES string of the molecule is CC(C)(O)c1cn(C23CC4CC(CC(C4)C2)C3)nn1. The van der Waals surface area contributed by atoms with Crippen molar-refractivity contribution in [3.05, 3.63) is 11.9 Å². The lowest BCUT2D eigenvalue weighted by atomic mass is 9.53. The van der Waals surface area contributed by atoms with Crippen LogP contribution in [0.1, 0.15) is 58.1 Å². The van der Waals surface area contributed by atoms with E-state index in [2.05, 4.69) is 15.0 Å². The fourth-order valence-electron chi connectivity index (χ4n) is 5.12. The Morgan fingerprint density at radius 2 is 1.68 bits per heavy atom. The van der Waals surface area contributed by atoms with Crippen molar-refractivity contribution in [1.29, 1.82) is 0 Å². The van der Waals surface area contributed by atoms with E-state index in [-0.39, 0.29) is 5.54 Å². The Hall–Kier alpha value is -0.900. The molecule has 5 rings (SSSR count). The first kappa shape index (κ1) is 11.9. The predicted octanol–water partition coefficient (Wildman–Crippen LogP) is 2.43. The summed E-state index contributed by atoms with van der Waals surface area (Å²) in [7, 11) is 0. The number of aliphatic hydroxyl groups is 1. The zero-order valence-corrected chi connectivity index (χ0v) is 11.8. The van der Waals surface area contributed by atoms with Crippen LogP contribution in [0.5, 0.6) is 0 Å². The van der Waals surface area contributed by atoms with Gasteiger partial charge in [-0.2, -0.15) is 0 Å². The lowest BCUT2D eigenvalue weighted by molar-refractivity contribution is -0.0503. The Balaban J connectivity index is 1.70. The second-order valence-electron chi connectivity index (χ2n) is 7.75. The van der Waals surface area contributed by atoms with Crippen LogP contribution in [0.4, 0.5) is 0 Å². The highest BCUT2D eigenvalue weighted by molar-refractivity contribution is 5.09. The summed E-state index contributed by atoms with van der Waals surface area (Å²) in [6.45, 7) is 3.56. The van der Waals surface area contributed by atoms with E-state index >= 15 is 0 Å². The maximum absolute atomic E-state index is 10.1. The molecule has 1 aromatic rings. The standard InChI is InChI=1S/C15H23N3O/c1-14(2,19)13-9-18(17-16-13)15-6-10-3-11(7-15)5-12(4-10)8-15/h9-12,19H,3-8H2,1-2H3. The molecule has 0 unspecified atom stereocenters. The smallest absolute Gasteiger partial charge is 0.114 e. The van der Waals surface area contributed by atoms with Gasteiger partial charge < -0.3 is 5.11 Å². The first-order valence-electron chi connectivity index (χ1n) is 7.60. The third kappa shape index (κ3) is 1.76.